The van der Waals surface area contributed by atoms with Gasteiger partial charge in [0.25, 0.3) is 0 Å². The Morgan fingerprint density at radius 3 is 2.57 bits per heavy atom. The van der Waals surface area contributed by atoms with Crippen LogP contribution in [0.25, 0.3) is 0 Å². The van der Waals surface area contributed by atoms with Gasteiger partial charge < -0.3 is 0 Å². The van der Waals surface area contributed by atoms with Gasteiger partial charge in [-0.05, 0) is 6.92 Å². The van der Waals surface area contributed by atoms with Gasteiger partial charge in [0.05, 0.1) is 0 Å². The van der Waals surface area contributed by atoms with Crippen molar-refractivity contribution < 1.29 is 4.57 Å². The number of allylic oxidation sites excluding steroid dienone is 5. The lowest BCUT2D eigenvalue weighted by Crippen LogP contribution is -2.32. The van der Waals surface area contributed by atoms with E-state index in [-0.39, 0.29) is 0 Å². The maximum absolute atomic E-state index is 3.98. The van der Waals surface area contributed by atoms with Gasteiger partial charge in [-0.25, -0.2) is 4.57 Å². The van der Waals surface area contributed by atoms with Crippen LogP contribution in [0, 0.1) is 0 Å². The van der Waals surface area contributed by atoms with Crippen LogP contribution in [0.1, 0.15) is 6.92 Å². The second kappa shape index (κ2) is 5.92. The molecule has 0 spiro atoms. The van der Waals surface area contributed by atoms with E-state index in [4.69, 9.17) is 0 Å². The van der Waals surface area contributed by atoms with Crippen molar-refractivity contribution in [2.24, 2.45) is 0 Å². The van der Waals surface area contributed by atoms with E-state index in [2.05, 4.69) is 11.1 Å². The van der Waals surface area contributed by atoms with Crippen molar-refractivity contribution in [1.29, 1.82) is 0 Å². The highest BCUT2D eigenvalue weighted by Gasteiger charge is 1.97. The first-order valence-electron chi connectivity index (χ1n) is 4.74. The summed E-state index contributed by atoms with van der Waals surface area (Å²) in [5.41, 5.74) is 1.10. The molecule has 1 rings (SSSR count). The first-order valence-corrected chi connectivity index (χ1v) is 4.74. The number of rotatable bonds is 4. The lowest BCUT2D eigenvalue weighted by molar-refractivity contribution is -0.688. The highest BCUT2D eigenvalue weighted by atomic mass is 14.9. The van der Waals surface area contributed by atoms with Gasteiger partial charge in [0, 0.05) is 17.7 Å². The van der Waals surface area contributed by atoms with E-state index in [1.54, 1.807) is 0 Å². The number of aromatic nitrogens is 1. The topological polar surface area (TPSA) is 3.88 Å². The Labute approximate surface area is 85.7 Å². The zero-order chi connectivity index (χ0) is 10.2. The van der Waals surface area contributed by atoms with Crippen LogP contribution in [0.3, 0.4) is 0 Å². The minimum atomic E-state index is 0.842. The molecule has 0 aromatic carbocycles. The van der Waals surface area contributed by atoms with Crippen molar-refractivity contribution in [2.75, 3.05) is 0 Å². The average molecular weight is 186 g/mol. The predicted octanol–water partition coefficient (Wildman–Crippen LogP) is 2.66. The summed E-state index contributed by atoms with van der Waals surface area (Å²) in [6.45, 7) is 6.82. The van der Waals surface area contributed by atoms with Crippen LogP contribution in [0.5, 0.6) is 0 Å². The standard InChI is InChI=1S/C13H16N/c1-3-4-6-9-13(2)12-14-10-7-5-8-11-14/h3-11H,2,12H2,1H3/q+1/b4-3-,9-6-. The fraction of sp³-hybridized carbons (Fsp3) is 0.154. The first-order chi connectivity index (χ1) is 6.83. The Morgan fingerprint density at radius 1 is 1.21 bits per heavy atom. The van der Waals surface area contributed by atoms with Crippen LogP contribution >= 0.6 is 0 Å². The van der Waals surface area contributed by atoms with Gasteiger partial charge in [-0.1, -0.05) is 36.9 Å². The summed E-state index contributed by atoms with van der Waals surface area (Å²) in [6.07, 6.45) is 12.1. The molecule has 0 N–H and O–H groups in total. The Morgan fingerprint density at radius 2 is 1.93 bits per heavy atom. The lowest BCUT2D eigenvalue weighted by atomic mass is 10.2. The van der Waals surface area contributed by atoms with E-state index < -0.39 is 0 Å². The molecule has 0 radical (unpaired) electrons. The van der Waals surface area contributed by atoms with Crippen LogP contribution in [-0.2, 0) is 6.54 Å². The smallest absolute Gasteiger partial charge is 0.173 e. The molecule has 1 aromatic heterocycles. The van der Waals surface area contributed by atoms with Gasteiger partial charge in [-0.15, -0.1) is 0 Å². The molecule has 0 aliphatic heterocycles. The van der Waals surface area contributed by atoms with E-state index in [1.165, 1.54) is 0 Å². The Kier molecular flexibility index (Phi) is 4.42. The number of hydrogen-bond donors (Lipinski definition) is 0. The van der Waals surface area contributed by atoms with Crippen molar-refractivity contribution in [3.8, 4) is 0 Å². The monoisotopic (exact) mass is 186 g/mol. The number of hydrogen-bond acceptors (Lipinski definition) is 0. The minimum absolute atomic E-state index is 0.842. The van der Waals surface area contributed by atoms with E-state index in [9.17, 15) is 0 Å². The molecule has 0 saturated heterocycles. The number of pyridine rings is 1. The van der Waals surface area contributed by atoms with Crippen LogP contribution in [0.4, 0.5) is 0 Å². The van der Waals surface area contributed by atoms with Crippen molar-refractivity contribution in [1.82, 2.24) is 0 Å². The highest BCUT2D eigenvalue weighted by molar-refractivity contribution is 5.17. The molecule has 1 nitrogen and oxygen atoms in total. The molecule has 0 fully saturated rings. The van der Waals surface area contributed by atoms with E-state index >= 15 is 0 Å². The predicted molar refractivity (Wildman–Crippen MR) is 59.7 cm³/mol. The summed E-state index contributed by atoms with van der Waals surface area (Å²) >= 11 is 0. The molecule has 0 aliphatic carbocycles. The molecular formula is C13H16N+. The van der Waals surface area contributed by atoms with Crippen molar-refractivity contribution in [3.05, 3.63) is 67.0 Å². The zero-order valence-corrected chi connectivity index (χ0v) is 8.56. The summed E-state index contributed by atoms with van der Waals surface area (Å²) in [4.78, 5) is 0. The maximum atomic E-state index is 3.98. The molecule has 0 bridgehead atoms. The second-order valence-corrected chi connectivity index (χ2v) is 3.09. The molecule has 0 saturated carbocycles. The van der Waals surface area contributed by atoms with E-state index in [1.807, 2.05) is 61.8 Å². The first kappa shape index (κ1) is 10.5. The fourth-order valence-corrected chi connectivity index (χ4v) is 1.13. The molecule has 0 aliphatic rings. The van der Waals surface area contributed by atoms with Crippen LogP contribution in [0.2, 0.25) is 0 Å². The van der Waals surface area contributed by atoms with Gasteiger partial charge in [0.2, 0.25) is 0 Å². The third-order valence-corrected chi connectivity index (χ3v) is 1.80. The lowest BCUT2D eigenvalue weighted by Gasteiger charge is -1.94. The quantitative estimate of drug-likeness (QED) is 0.503. The molecule has 0 amide bonds. The molecule has 1 aromatic rings. The molecule has 0 atom stereocenters. The molecule has 14 heavy (non-hydrogen) atoms. The Balaban J connectivity index is 2.50. The summed E-state index contributed by atoms with van der Waals surface area (Å²) in [5, 5.41) is 0. The normalized spacial score (nSPS) is 11.2. The van der Waals surface area contributed by atoms with Crippen LogP contribution in [-0.4, -0.2) is 0 Å². The third-order valence-electron chi connectivity index (χ3n) is 1.80. The van der Waals surface area contributed by atoms with Gasteiger partial charge in [0.15, 0.2) is 18.9 Å². The molecular weight excluding hydrogens is 170 g/mol. The van der Waals surface area contributed by atoms with E-state index in [0.717, 1.165) is 12.1 Å². The van der Waals surface area contributed by atoms with Gasteiger partial charge >= 0.3 is 0 Å². The van der Waals surface area contributed by atoms with Crippen molar-refractivity contribution in [3.63, 3.8) is 0 Å². The van der Waals surface area contributed by atoms with Crippen LogP contribution in [0.15, 0.2) is 67.0 Å². The summed E-state index contributed by atoms with van der Waals surface area (Å²) in [5.74, 6) is 0. The van der Waals surface area contributed by atoms with Crippen molar-refractivity contribution in [2.45, 2.75) is 13.5 Å². The Hall–Kier alpha value is -1.63. The SMILES string of the molecule is C=C(/C=C\C=C/C)C[n+]1ccccc1. The third kappa shape index (κ3) is 3.85. The number of nitrogens with zero attached hydrogens (tertiary/aromatic N) is 1. The molecule has 0 unspecified atom stereocenters. The summed E-state index contributed by atoms with van der Waals surface area (Å²) in [6, 6.07) is 6.04. The largest absolute Gasteiger partial charge is 0.201 e. The summed E-state index contributed by atoms with van der Waals surface area (Å²) in [7, 11) is 0. The summed E-state index contributed by atoms with van der Waals surface area (Å²) < 4.78 is 2.10. The second-order valence-electron chi connectivity index (χ2n) is 3.09. The molecule has 72 valence electrons. The van der Waals surface area contributed by atoms with Crippen molar-refractivity contribution >= 4 is 0 Å². The minimum Gasteiger partial charge on any atom is -0.201 e. The molecule has 1 heterocycles. The van der Waals surface area contributed by atoms with Crippen LogP contribution < -0.4 is 4.57 Å². The van der Waals surface area contributed by atoms with Gasteiger partial charge in [-0.2, -0.15) is 0 Å². The van der Waals surface area contributed by atoms with Gasteiger partial charge in [-0.3, -0.25) is 0 Å². The Bertz CT molecular complexity index is 334. The average Bonchev–Trinajstić information content (AvgIpc) is 2.20. The maximum Gasteiger partial charge on any atom is 0.173 e. The molecule has 1 heteroatoms. The fourth-order valence-electron chi connectivity index (χ4n) is 1.13. The van der Waals surface area contributed by atoms with E-state index in [0.29, 0.717) is 0 Å². The van der Waals surface area contributed by atoms with Gasteiger partial charge in [0.1, 0.15) is 0 Å². The zero-order valence-electron chi connectivity index (χ0n) is 8.56. The highest BCUT2D eigenvalue weighted by Crippen LogP contribution is 1.93.